The Morgan fingerprint density at radius 2 is 1.85 bits per heavy atom. The van der Waals surface area contributed by atoms with E-state index >= 15 is 0 Å². The van der Waals surface area contributed by atoms with E-state index in [1.165, 1.54) is 12.1 Å². The molecule has 0 unspecified atom stereocenters. The zero-order chi connectivity index (χ0) is 22.6. The predicted molar refractivity (Wildman–Crippen MR) is 132 cm³/mol. The highest BCUT2D eigenvalue weighted by molar-refractivity contribution is 14.0. The van der Waals surface area contributed by atoms with Crippen LogP contribution in [0.3, 0.4) is 0 Å². The van der Waals surface area contributed by atoms with E-state index in [0.717, 1.165) is 49.7 Å². The van der Waals surface area contributed by atoms with Crippen molar-refractivity contribution in [2.45, 2.75) is 19.1 Å². The quantitative estimate of drug-likeness (QED) is 0.289. The first-order valence-corrected chi connectivity index (χ1v) is 10.6. The summed E-state index contributed by atoms with van der Waals surface area (Å²) in [7, 11) is 1.75. The van der Waals surface area contributed by atoms with Gasteiger partial charge in [-0.2, -0.15) is 13.2 Å². The Kier molecular flexibility index (Phi) is 8.51. The molecule has 0 spiro atoms. The third kappa shape index (κ3) is 6.34. The van der Waals surface area contributed by atoms with E-state index in [-0.39, 0.29) is 24.0 Å². The molecule has 7 nitrogen and oxygen atoms in total. The molecule has 0 aliphatic carbocycles. The summed E-state index contributed by atoms with van der Waals surface area (Å²) in [5.74, 6) is 1.70. The van der Waals surface area contributed by atoms with Gasteiger partial charge in [-0.15, -0.1) is 34.2 Å². The van der Waals surface area contributed by atoms with E-state index in [1.54, 1.807) is 13.1 Å². The fraction of sp³-hybridized carbons (Fsp3) is 0.409. The first kappa shape index (κ1) is 25.2. The lowest BCUT2D eigenvalue weighted by Crippen LogP contribution is -2.52. The predicted octanol–water partition coefficient (Wildman–Crippen LogP) is 3.30. The molecule has 0 saturated carbocycles. The summed E-state index contributed by atoms with van der Waals surface area (Å²) in [6.45, 7) is 4.20. The monoisotopic (exact) mass is 573 g/mol. The minimum Gasteiger partial charge on any atom is -0.356 e. The topological polar surface area (TPSA) is 61.1 Å². The molecule has 0 atom stereocenters. The van der Waals surface area contributed by atoms with Gasteiger partial charge in [0.25, 0.3) is 0 Å². The highest BCUT2D eigenvalue weighted by Gasteiger charge is 2.30. The molecule has 3 heterocycles. The number of aromatic nitrogens is 3. The Morgan fingerprint density at radius 3 is 2.58 bits per heavy atom. The molecule has 0 bridgehead atoms. The molecule has 2 aromatic heterocycles. The van der Waals surface area contributed by atoms with E-state index in [4.69, 9.17) is 0 Å². The van der Waals surface area contributed by atoms with Crippen LogP contribution in [0.15, 0.2) is 53.7 Å². The molecular weight excluding hydrogens is 546 g/mol. The molecule has 178 valence electrons. The van der Waals surface area contributed by atoms with Gasteiger partial charge >= 0.3 is 6.18 Å². The number of halogens is 4. The summed E-state index contributed by atoms with van der Waals surface area (Å²) >= 11 is 0. The van der Waals surface area contributed by atoms with Crippen molar-refractivity contribution in [2.75, 3.05) is 39.8 Å². The third-order valence-electron chi connectivity index (χ3n) is 5.56. The van der Waals surface area contributed by atoms with E-state index in [0.29, 0.717) is 25.1 Å². The molecule has 4 rings (SSSR count). The Morgan fingerprint density at radius 1 is 1.06 bits per heavy atom. The van der Waals surface area contributed by atoms with Crippen LogP contribution < -0.4 is 5.32 Å². The van der Waals surface area contributed by atoms with Gasteiger partial charge in [0.05, 0.1) is 5.56 Å². The Hall–Kier alpha value is -2.41. The third-order valence-corrected chi connectivity index (χ3v) is 5.56. The van der Waals surface area contributed by atoms with Crippen molar-refractivity contribution in [2.24, 2.45) is 4.99 Å². The summed E-state index contributed by atoms with van der Waals surface area (Å²) < 4.78 is 40.8. The fourth-order valence-electron chi connectivity index (χ4n) is 3.90. The first-order valence-electron chi connectivity index (χ1n) is 10.6. The minimum absolute atomic E-state index is 0. The highest BCUT2D eigenvalue weighted by atomic mass is 127. The number of rotatable bonds is 5. The summed E-state index contributed by atoms with van der Waals surface area (Å²) in [4.78, 5) is 8.73. The van der Waals surface area contributed by atoms with Crippen molar-refractivity contribution in [3.63, 3.8) is 0 Å². The van der Waals surface area contributed by atoms with Crippen LogP contribution in [0.5, 0.6) is 0 Å². The van der Waals surface area contributed by atoms with Crippen LogP contribution in [-0.2, 0) is 19.1 Å². The molecule has 1 aromatic carbocycles. The molecule has 1 saturated heterocycles. The molecule has 33 heavy (non-hydrogen) atoms. The molecule has 1 fully saturated rings. The van der Waals surface area contributed by atoms with Gasteiger partial charge in [0, 0.05) is 58.9 Å². The van der Waals surface area contributed by atoms with Gasteiger partial charge in [0.1, 0.15) is 5.82 Å². The zero-order valence-electron chi connectivity index (χ0n) is 18.3. The van der Waals surface area contributed by atoms with Gasteiger partial charge in [-0.05, 0) is 23.8 Å². The smallest absolute Gasteiger partial charge is 0.356 e. The number of alkyl halides is 3. The number of hydrogen-bond acceptors (Lipinski definition) is 4. The van der Waals surface area contributed by atoms with Crippen LogP contribution in [0, 0.1) is 0 Å². The average molecular weight is 573 g/mol. The summed E-state index contributed by atoms with van der Waals surface area (Å²) in [5, 5.41) is 11.8. The number of benzene rings is 1. The molecule has 0 amide bonds. The van der Waals surface area contributed by atoms with Gasteiger partial charge in [0.2, 0.25) is 0 Å². The maximum Gasteiger partial charge on any atom is 0.416 e. The molecule has 0 radical (unpaired) electrons. The summed E-state index contributed by atoms with van der Waals surface area (Å²) in [6, 6.07) is 11.4. The van der Waals surface area contributed by atoms with Crippen molar-refractivity contribution in [1.82, 2.24) is 29.7 Å². The number of guanidine groups is 1. The second-order valence-corrected chi connectivity index (χ2v) is 7.73. The van der Waals surface area contributed by atoms with Crippen molar-refractivity contribution >= 4 is 35.6 Å². The Balaban J connectivity index is 0.00000306. The van der Waals surface area contributed by atoms with Crippen LogP contribution in [-0.4, -0.2) is 70.1 Å². The second kappa shape index (κ2) is 11.1. The van der Waals surface area contributed by atoms with Crippen LogP contribution >= 0.6 is 24.0 Å². The number of piperazine rings is 1. The standard InChI is InChI=1S/C22H26F3N7.HI/c1-26-21(27-9-8-20-29-28-19-7-2-3-10-32(19)20)31-13-11-30(12-14-31)16-17-5-4-6-18(15-17)22(23,24)25;/h2-7,10,15H,8-9,11-14,16H2,1H3,(H,26,27);1H. The molecular formula is C22H27F3IN7. The lowest BCUT2D eigenvalue weighted by molar-refractivity contribution is -0.137. The lowest BCUT2D eigenvalue weighted by Gasteiger charge is -2.36. The molecule has 1 aliphatic heterocycles. The SMILES string of the molecule is CN=C(NCCc1nnc2ccccn12)N1CCN(Cc2cccc(C(F)(F)F)c2)CC1.I. The maximum atomic E-state index is 12.9. The van der Waals surface area contributed by atoms with Crippen molar-refractivity contribution in [3.8, 4) is 0 Å². The normalized spacial score (nSPS) is 15.5. The van der Waals surface area contributed by atoms with E-state index in [1.807, 2.05) is 28.8 Å². The number of nitrogens with one attached hydrogen (secondary N) is 1. The largest absolute Gasteiger partial charge is 0.416 e. The van der Waals surface area contributed by atoms with E-state index in [9.17, 15) is 13.2 Å². The first-order chi connectivity index (χ1) is 15.4. The molecule has 3 aromatic rings. The number of nitrogens with zero attached hydrogens (tertiary/aromatic N) is 6. The Bertz CT molecular complexity index is 1080. The number of fused-ring (bicyclic) bond motifs is 1. The second-order valence-electron chi connectivity index (χ2n) is 7.73. The number of pyridine rings is 1. The molecule has 1 N–H and O–H groups in total. The van der Waals surface area contributed by atoms with Gasteiger partial charge in [0.15, 0.2) is 11.6 Å². The van der Waals surface area contributed by atoms with E-state index in [2.05, 4.69) is 30.3 Å². The van der Waals surface area contributed by atoms with Crippen molar-refractivity contribution in [3.05, 3.63) is 65.6 Å². The van der Waals surface area contributed by atoms with Crippen LogP contribution in [0.1, 0.15) is 17.0 Å². The number of aliphatic imine (C=N–C) groups is 1. The van der Waals surface area contributed by atoms with Gasteiger partial charge in [-0.25, -0.2) is 0 Å². The van der Waals surface area contributed by atoms with Crippen LogP contribution in [0.4, 0.5) is 13.2 Å². The van der Waals surface area contributed by atoms with Crippen LogP contribution in [0.25, 0.3) is 5.65 Å². The molecule has 11 heteroatoms. The minimum atomic E-state index is -4.31. The van der Waals surface area contributed by atoms with E-state index < -0.39 is 11.7 Å². The van der Waals surface area contributed by atoms with Gasteiger partial charge < -0.3 is 10.2 Å². The number of hydrogen-bond donors (Lipinski definition) is 1. The van der Waals surface area contributed by atoms with Crippen molar-refractivity contribution < 1.29 is 13.2 Å². The summed E-state index contributed by atoms with van der Waals surface area (Å²) in [6.07, 6.45) is -1.66. The molecule has 1 aliphatic rings. The average Bonchev–Trinajstić information content (AvgIpc) is 3.20. The fourth-order valence-corrected chi connectivity index (χ4v) is 3.90. The van der Waals surface area contributed by atoms with Crippen LogP contribution in [0.2, 0.25) is 0 Å². The van der Waals surface area contributed by atoms with Gasteiger partial charge in [-0.1, -0.05) is 24.3 Å². The van der Waals surface area contributed by atoms with Gasteiger partial charge in [-0.3, -0.25) is 14.3 Å². The van der Waals surface area contributed by atoms with Crippen molar-refractivity contribution in [1.29, 1.82) is 0 Å². The highest BCUT2D eigenvalue weighted by Crippen LogP contribution is 2.29. The maximum absolute atomic E-state index is 12.9. The zero-order valence-corrected chi connectivity index (χ0v) is 20.6. The summed E-state index contributed by atoms with van der Waals surface area (Å²) in [5.41, 5.74) is 0.902. The Labute approximate surface area is 207 Å². The lowest BCUT2D eigenvalue weighted by atomic mass is 10.1.